The summed E-state index contributed by atoms with van der Waals surface area (Å²) < 4.78 is 6.73. The molecule has 0 saturated heterocycles. The Hall–Kier alpha value is -7.68. The lowest BCUT2D eigenvalue weighted by Gasteiger charge is -2.30. The topological polar surface area (TPSA) is 16.4 Å². The van der Waals surface area contributed by atoms with Gasteiger partial charge in [-0.05, 0) is 109 Å². The van der Waals surface area contributed by atoms with Crippen molar-refractivity contribution in [1.82, 2.24) is 0 Å². The molecule has 1 aromatic heterocycles. The fourth-order valence-corrected chi connectivity index (χ4v) is 10.1. The lowest BCUT2D eigenvalue weighted by Crippen LogP contribution is -2.15. The Kier molecular flexibility index (Phi) is 7.92. The average molecular weight is 780 g/mol. The van der Waals surface area contributed by atoms with E-state index in [0.717, 1.165) is 55.5 Å². The maximum absolute atomic E-state index is 6.73. The summed E-state index contributed by atoms with van der Waals surface area (Å²) in [5, 5.41) is 7.07. The van der Waals surface area contributed by atoms with E-state index in [1.807, 2.05) is 0 Å². The minimum absolute atomic E-state index is 0.156. The lowest BCUT2D eigenvalue weighted by atomic mass is 9.81. The van der Waals surface area contributed by atoms with Crippen LogP contribution in [-0.2, 0) is 5.41 Å². The van der Waals surface area contributed by atoms with E-state index in [4.69, 9.17) is 4.42 Å². The summed E-state index contributed by atoms with van der Waals surface area (Å²) in [5.41, 5.74) is 17.3. The number of nitrogens with zero attached hydrogens (tertiary/aromatic N) is 1. The average Bonchev–Trinajstić information content (AvgIpc) is 3.81. The molecule has 0 saturated carbocycles. The van der Waals surface area contributed by atoms with Crippen LogP contribution in [0.25, 0.3) is 88.0 Å². The van der Waals surface area contributed by atoms with Crippen molar-refractivity contribution >= 4 is 60.5 Å². The monoisotopic (exact) mass is 779 g/mol. The summed E-state index contributed by atoms with van der Waals surface area (Å²) in [6.07, 6.45) is 0. The molecule has 11 aromatic rings. The van der Waals surface area contributed by atoms with Gasteiger partial charge in [0.1, 0.15) is 11.2 Å². The first-order valence-corrected chi connectivity index (χ1v) is 21.2. The van der Waals surface area contributed by atoms with E-state index in [1.165, 1.54) is 60.7 Å². The molecule has 0 bridgehead atoms. The predicted molar refractivity (Wildman–Crippen MR) is 257 cm³/mol. The van der Waals surface area contributed by atoms with Crippen LogP contribution in [0.2, 0.25) is 0 Å². The van der Waals surface area contributed by atoms with Gasteiger partial charge in [-0.3, -0.25) is 0 Å². The second-order valence-corrected chi connectivity index (χ2v) is 16.8. The van der Waals surface area contributed by atoms with Gasteiger partial charge in [0.15, 0.2) is 0 Å². The van der Waals surface area contributed by atoms with Gasteiger partial charge in [-0.2, -0.15) is 0 Å². The van der Waals surface area contributed by atoms with Crippen LogP contribution in [0.5, 0.6) is 0 Å². The van der Waals surface area contributed by atoms with Gasteiger partial charge in [0, 0.05) is 38.4 Å². The summed E-state index contributed by atoms with van der Waals surface area (Å²) in [4.78, 5) is 2.47. The number of hydrogen-bond acceptors (Lipinski definition) is 2. The van der Waals surface area contributed by atoms with Gasteiger partial charge in [0.05, 0.1) is 11.4 Å². The Labute approximate surface area is 355 Å². The minimum Gasteiger partial charge on any atom is -0.455 e. The number of furan rings is 1. The third-order valence-corrected chi connectivity index (χ3v) is 13.1. The van der Waals surface area contributed by atoms with Crippen molar-refractivity contribution in [1.29, 1.82) is 0 Å². The van der Waals surface area contributed by atoms with Crippen LogP contribution in [0, 0.1) is 0 Å². The lowest BCUT2D eigenvalue weighted by molar-refractivity contribution is 0.661. The number of fused-ring (bicyclic) bond motifs is 9. The molecular weight excluding hydrogens is 739 g/mol. The first kappa shape index (κ1) is 35.3. The first-order valence-electron chi connectivity index (χ1n) is 21.2. The number of benzene rings is 10. The van der Waals surface area contributed by atoms with Gasteiger partial charge in [-0.25, -0.2) is 0 Å². The Morgan fingerprint density at radius 3 is 1.75 bits per heavy atom. The molecule has 1 heterocycles. The van der Waals surface area contributed by atoms with E-state index in [0.29, 0.717) is 0 Å². The van der Waals surface area contributed by atoms with Crippen LogP contribution in [0.15, 0.2) is 217 Å². The van der Waals surface area contributed by atoms with Gasteiger partial charge in [0.25, 0.3) is 0 Å². The molecule has 12 rings (SSSR count). The normalized spacial score (nSPS) is 12.9. The highest BCUT2D eigenvalue weighted by molar-refractivity contribution is 6.20. The fourth-order valence-electron chi connectivity index (χ4n) is 10.1. The smallest absolute Gasteiger partial charge is 0.143 e. The van der Waals surface area contributed by atoms with Crippen LogP contribution in [-0.4, -0.2) is 0 Å². The number of para-hydroxylation sites is 2. The van der Waals surface area contributed by atoms with Gasteiger partial charge in [-0.15, -0.1) is 0 Å². The minimum atomic E-state index is -0.156. The van der Waals surface area contributed by atoms with Crippen LogP contribution in [0.1, 0.15) is 25.0 Å². The molecule has 0 fully saturated rings. The molecule has 0 radical (unpaired) electrons. The highest BCUT2D eigenvalue weighted by Crippen LogP contribution is 2.55. The summed E-state index contributed by atoms with van der Waals surface area (Å²) >= 11 is 0. The van der Waals surface area contributed by atoms with Crippen molar-refractivity contribution in [3.05, 3.63) is 223 Å². The molecule has 2 heteroatoms. The Bertz CT molecular complexity index is 3500. The summed E-state index contributed by atoms with van der Waals surface area (Å²) in [6.45, 7) is 4.75. The maximum Gasteiger partial charge on any atom is 0.143 e. The summed E-state index contributed by atoms with van der Waals surface area (Å²) in [6, 6.07) is 77.4. The SMILES string of the molecule is CC1(C)c2cc3ccccc3cc2-c2c(-c3ccccc3N(c3ccc(-c4ccccc4)cc3)c3ccccc3-c3cccc4oc5c6ccccc6ccc5c34)cccc21. The van der Waals surface area contributed by atoms with Crippen LogP contribution in [0.4, 0.5) is 17.1 Å². The van der Waals surface area contributed by atoms with Crippen molar-refractivity contribution in [2.75, 3.05) is 4.90 Å². The van der Waals surface area contributed by atoms with Crippen LogP contribution >= 0.6 is 0 Å². The molecule has 1 aliphatic carbocycles. The molecular formula is C59H41NO. The third-order valence-electron chi connectivity index (χ3n) is 13.1. The van der Waals surface area contributed by atoms with Gasteiger partial charge in [-0.1, -0.05) is 178 Å². The zero-order chi connectivity index (χ0) is 40.7. The van der Waals surface area contributed by atoms with Crippen molar-refractivity contribution in [3.8, 4) is 44.5 Å². The molecule has 0 amide bonds. The maximum atomic E-state index is 6.73. The summed E-state index contributed by atoms with van der Waals surface area (Å²) in [5.74, 6) is 0. The van der Waals surface area contributed by atoms with Crippen molar-refractivity contribution in [2.24, 2.45) is 0 Å². The second kappa shape index (κ2) is 13.7. The van der Waals surface area contributed by atoms with Crippen molar-refractivity contribution in [2.45, 2.75) is 19.3 Å². The van der Waals surface area contributed by atoms with Crippen LogP contribution < -0.4 is 4.90 Å². The molecule has 1 aliphatic rings. The van der Waals surface area contributed by atoms with E-state index < -0.39 is 0 Å². The van der Waals surface area contributed by atoms with E-state index in [1.54, 1.807) is 0 Å². The largest absolute Gasteiger partial charge is 0.455 e. The number of rotatable bonds is 6. The zero-order valence-electron chi connectivity index (χ0n) is 34.1. The van der Waals surface area contributed by atoms with E-state index in [2.05, 4.69) is 231 Å². The molecule has 61 heavy (non-hydrogen) atoms. The molecule has 0 spiro atoms. The van der Waals surface area contributed by atoms with E-state index >= 15 is 0 Å². The standard InChI is InChI=1S/C59H41NO/c1-59(2)51-26-14-24-47(56(51)50-36-41-19-6-7-20-42(41)37-52(50)59)45-22-10-12-27-53(45)60(43-33-30-39(31-34-43)38-16-4-3-5-17-38)54-28-13-11-23-46(54)48-25-15-29-55-57(48)49-35-32-40-18-8-9-21-44(40)58(49)61-55/h3-37H,1-2H3. The molecule has 2 nitrogen and oxygen atoms in total. The number of hydrogen-bond donors (Lipinski definition) is 0. The number of anilines is 3. The Morgan fingerprint density at radius 1 is 0.393 bits per heavy atom. The molecule has 0 unspecified atom stereocenters. The zero-order valence-corrected chi connectivity index (χ0v) is 34.1. The Balaban J connectivity index is 1.11. The molecule has 10 aromatic carbocycles. The molecule has 0 atom stereocenters. The van der Waals surface area contributed by atoms with Crippen molar-refractivity contribution < 1.29 is 4.42 Å². The quantitative estimate of drug-likeness (QED) is 0.167. The third kappa shape index (κ3) is 5.49. The Morgan fingerprint density at radius 2 is 0.984 bits per heavy atom. The molecule has 0 aliphatic heterocycles. The van der Waals surface area contributed by atoms with Gasteiger partial charge < -0.3 is 9.32 Å². The first-order chi connectivity index (χ1) is 30.0. The molecule has 288 valence electrons. The fraction of sp³-hybridized carbons (Fsp3) is 0.0508. The van der Waals surface area contributed by atoms with Gasteiger partial charge in [0.2, 0.25) is 0 Å². The highest BCUT2D eigenvalue weighted by atomic mass is 16.3. The second-order valence-electron chi connectivity index (χ2n) is 16.8. The van der Waals surface area contributed by atoms with Crippen LogP contribution in [0.3, 0.4) is 0 Å². The summed E-state index contributed by atoms with van der Waals surface area (Å²) in [7, 11) is 0. The van der Waals surface area contributed by atoms with Gasteiger partial charge >= 0.3 is 0 Å². The van der Waals surface area contributed by atoms with E-state index in [-0.39, 0.29) is 5.41 Å². The van der Waals surface area contributed by atoms with Crippen molar-refractivity contribution in [3.63, 3.8) is 0 Å². The highest BCUT2D eigenvalue weighted by Gasteiger charge is 2.38. The molecule has 0 N–H and O–H groups in total. The van der Waals surface area contributed by atoms with E-state index in [9.17, 15) is 0 Å². The predicted octanol–water partition coefficient (Wildman–Crippen LogP) is 16.7.